The summed E-state index contributed by atoms with van der Waals surface area (Å²) < 4.78 is 0. The van der Waals surface area contributed by atoms with Crippen molar-refractivity contribution in [1.29, 1.82) is 0 Å². The monoisotopic (exact) mass is 351 g/mol. The zero-order valence-corrected chi connectivity index (χ0v) is 16.0. The van der Waals surface area contributed by atoms with Crippen LogP contribution < -0.4 is 5.32 Å². The lowest BCUT2D eigenvalue weighted by Gasteiger charge is -2.28. The van der Waals surface area contributed by atoms with Gasteiger partial charge in [0.25, 0.3) is 0 Å². The van der Waals surface area contributed by atoms with Crippen LogP contribution in [0.3, 0.4) is 0 Å². The Morgan fingerprint density at radius 1 is 1.12 bits per heavy atom. The number of carboxylic acid groups (broad SMARTS) is 1. The lowest BCUT2D eigenvalue weighted by molar-refractivity contribution is -0.139. The van der Waals surface area contributed by atoms with E-state index in [1.165, 1.54) is 33.4 Å². The largest absolute Gasteiger partial charge is 0.480 e. The molecule has 0 spiro atoms. The van der Waals surface area contributed by atoms with Crippen LogP contribution in [0.25, 0.3) is 11.1 Å². The molecule has 2 aromatic carbocycles. The van der Waals surface area contributed by atoms with E-state index in [1.54, 1.807) is 0 Å². The minimum atomic E-state index is -0.735. The molecule has 1 aliphatic carbocycles. The number of benzene rings is 2. The minimum absolute atomic E-state index is 0.240. The van der Waals surface area contributed by atoms with Crippen LogP contribution in [-0.2, 0) is 17.6 Å². The van der Waals surface area contributed by atoms with Crippen molar-refractivity contribution in [3.05, 3.63) is 58.7 Å². The van der Waals surface area contributed by atoms with E-state index in [0.29, 0.717) is 6.42 Å². The first-order valence-electron chi connectivity index (χ1n) is 9.65. The van der Waals surface area contributed by atoms with Crippen LogP contribution in [0.5, 0.6) is 0 Å². The van der Waals surface area contributed by atoms with Crippen molar-refractivity contribution in [2.24, 2.45) is 0 Å². The molecule has 2 N–H and O–H groups in total. The van der Waals surface area contributed by atoms with Crippen LogP contribution in [-0.4, -0.2) is 23.2 Å². The van der Waals surface area contributed by atoms with Crippen molar-refractivity contribution in [3.63, 3.8) is 0 Å². The van der Waals surface area contributed by atoms with Gasteiger partial charge in [-0.05, 0) is 61.8 Å². The molecule has 0 aromatic heterocycles. The van der Waals surface area contributed by atoms with Crippen molar-refractivity contribution in [2.75, 3.05) is 0 Å². The molecular formula is C23H29NO2. The van der Waals surface area contributed by atoms with Crippen LogP contribution in [0, 0.1) is 13.8 Å². The highest BCUT2D eigenvalue weighted by atomic mass is 16.4. The maximum absolute atomic E-state index is 11.4. The van der Waals surface area contributed by atoms with Gasteiger partial charge in [-0.15, -0.1) is 0 Å². The van der Waals surface area contributed by atoms with Crippen LogP contribution in [0.15, 0.2) is 36.4 Å². The fraction of sp³-hybridized carbons (Fsp3) is 0.435. The van der Waals surface area contributed by atoms with E-state index in [-0.39, 0.29) is 6.04 Å². The van der Waals surface area contributed by atoms with Crippen molar-refractivity contribution in [1.82, 2.24) is 5.32 Å². The summed E-state index contributed by atoms with van der Waals surface area (Å²) in [5.74, 6) is -0.735. The molecule has 0 amide bonds. The van der Waals surface area contributed by atoms with Gasteiger partial charge in [0.1, 0.15) is 6.04 Å². The highest BCUT2D eigenvalue weighted by molar-refractivity contribution is 5.73. The summed E-state index contributed by atoms with van der Waals surface area (Å²) in [6, 6.07) is 13.2. The third-order valence-corrected chi connectivity index (χ3v) is 5.30. The number of aryl methyl sites for hydroxylation is 3. The number of nitrogens with one attached hydrogen (secondary N) is 1. The molecule has 0 saturated heterocycles. The molecule has 1 aliphatic rings. The lowest BCUT2D eigenvalue weighted by Crippen LogP contribution is -2.45. The second kappa shape index (κ2) is 8.05. The SMILES string of the molecule is CCC[C@H](NC1CCc2ccc(-c3cc(C)cc(C)c3)cc2C1)C(=O)O. The van der Waals surface area contributed by atoms with Gasteiger partial charge in [-0.1, -0.05) is 60.9 Å². The number of carbonyl (C=O) groups is 1. The Morgan fingerprint density at radius 2 is 1.85 bits per heavy atom. The molecule has 0 bridgehead atoms. The van der Waals surface area contributed by atoms with Gasteiger partial charge < -0.3 is 10.4 Å². The first kappa shape index (κ1) is 18.7. The molecule has 2 atom stereocenters. The van der Waals surface area contributed by atoms with Gasteiger partial charge in [-0.3, -0.25) is 4.79 Å². The zero-order valence-electron chi connectivity index (χ0n) is 16.0. The van der Waals surface area contributed by atoms with Crippen LogP contribution in [0.4, 0.5) is 0 Å². The topological polar surface area (TPSA) is 49.3 Å². The number of hydrogen-bond donors (Lipinski definition) is 2. The summed E-state index contributed by atoms with van der Waals surface area (Å²) in [4.78, 5) is 11.4. The molecule has 0 fully saturated rings. The van der Waals surface area contributed by atoms with E-state index in [4.69, 9.17) is 0 Å². The van der Waals surface area contributed by atoms with E-state index >= 15 is 0 Å². The van der Waals surface area contributed by atoms with Crippen molar-refractivity contribution >= 4 is 5.97 Å². The standard InChI is InChI=1S/C23H29NO2/c1-4-5-22(23(25)26)24-21-9-8-17-6-7-18(13-20(17)14-21)19-11-15(2)10-16(3)12-19/h6-7,10-13,21-22,24H,4-5,8-9,14H2,1-3H3,(H,25,26)/t21?,22-/m0/s1. The molecular weight excluding hydrogens is 322 g/mol. The van der Waals surface area contributed by atoms with Gasteiger partial charge in [0.15, 0.2) is 0 Å². The van der Waals surface area contributed by atoms with Crippen molar-refractivity contribution in [2.45, 2.75) is 65.0 Å². The van der Waals surface area contributed by atoms with Gasteiger partial charge in [-0.2, -0.15) is 0 Å². The molecule has 2 aromatic rings. The normalized spacial score (nSPS) is 17.6. The van der Waals surface area contributed by atoms with Gasteiger partial charge in [0.2, 0.25) is 0 Å². The fourth-order valence-corrected chi connectivity index (χ4v) is 4.07. The average molecular weight is 351 g/mol. The molecule has 3 heteroatoms. The second-order valence-electron chi connectivity index (χ2n) is 7.65. The summed E-state index contributed by atoms with van der Waals surface area (Å²) in [6.07, 6.45) is 4.48. The number of fused-ring (bicyclic) bond motifs is 1. The summed E-state index contributed by atoms with van der Waals surface area (Å²) in [7, 11) is 0. The summed E-state index contributed by atoms with van der Waals surface area (Å²) in [5.41, 5.74) is 7.82. The van der Waals surface area contributed by atoms with E-state index in [1.807, 2.05) is 6.92 Å². The van der Waals surface area contributed by atoms with Crippen molar-refractivity contribution < 1.29 is 9.90 Å². The first-order valence-corrected chi connectivity index (χ1v) is 9.65. The summed E-state index contributed by atoms with van der Waals surface area (Å²) in [5, 5.41) is 12.8. The molecule has 138 valence electrons. The molecule has 1 unspecified atom stereocenters. The zero-order chi connectivity index (χ0) is 18.7. The summed E-state index contributed by atoms with van der Waals surface area (Å²) >= 11 is 0. The van der Waals surface area contributed by atoms with E-state index in [9.17, 15) is 9.90 Å². The van der Waals surface area contributed by atoms with E-state index in [2.05, 4.69) is 55.6 Å². The van der Waals surface area contributed by atoms with Crippen LogP contribution in [0.2, 0.25) is 0 Å². The lowest BCUT2D eigenvalue weighted by atomic mass is 9.85. The predicted molar refractivity (Wildman–Crippen MR) is 107 cm³/mol. The smallest absolute Gasteiger partial charge is 0.320 e. The third-order valence-electron chi connectivity index (χ3n) is 5.30. The first-order chi connectivity index (χ1) is 12.5. The molecule has 3 rings (SSSR count). The maximum atomic E-state index is 11.4. The predicted octanol–water partition coefficient (Wildman–Crippen LogP) is 4.67. The highest BCUT2D eigenvalue weighted by Gasteiger charge is 2.24. The van der Waals surface area contributed by atoms with Gasteiger partial charge in [-0.25, -0.2) is 0 Å². The van der Waals surface area contributed by atoms with Gasteiger partial charge in [0.05, 0.1) is 0 Å². The van der Waals surface area contributed by atoms with Crippen molar-refractivity contribution in [3.8, 4) is 11.1 Å². The summed E-state index contributed by atoms with van der Waals surface area (Å²) in [6.45, 7) is 6.30. The van der Waals surface area contributed by atoms with Crippen LogP contribution >= 0.6 is 0 Å². The Morgan fingerprint density at radius 3 is 2.50 bits per heavy atom. The Hall–Kier alpha value is -2.13. The Kier molecular flexibility index (Phi) is 5.77. The Bertz CT molecular complexity index is 777. The minimum Gasteiger partial charge on any atom is -0.480 e. The van der Waals surface area contributed by atoms with E-state index < -0.39 is 12.0 Å². The molecule has 0 aliphatic heterocycles. The molecule has 0 heterocycles. The number of carboxylic acids is 1. The van der Waals surface area contributed by atoms with Gasteiger partial charge >= 0.3 is 5.97 Å². The molecule has 0 saturated carbocycles. The van der Waals surface area contributed by atoms with Gasteiger partial charge in [0, 0.05) is 6.04 Å². The second-order valence-corrected chi connectivity index (χ2v) is 7.65. The highest BCUT2D eigenvalue weighted by Crippen LogP contribution is 2.29. The maximum Gasteiger partial charge on any atom is 0.320 e. The Balaban J connectivity index is 1.80. The van der Waals surface area contributed by atoms with Crippen LogP contribution in [0.1, 0.15) is 48.4 Å². The number of aliphatic carboxylic acids is 1. The number of rotatable bonds is 6. The number of hydrogen-bond acceptors (Lipinski definition) is 2. The quantitative estimate of drug-likeness (QED) is 0.795. The average Bonchev–Trinajstić information content (AvgIpc) is 2.60. The van der Waals surface area contributed by atoms with E-state index in [0.717, 1.165) is 25.7 Å². The Labute approximate surface area is 156 Å². The third kappa shape index (κ3) is 4.34. The molecule has 3 nitrogen and oxygen atoms in total. The molecule has 0 radical (unpaired) electrons. The molecule has 26 heavy (non-hydrogen) atoms. The fourth-order valence-electron chi connectivity index (χ4n) is 4.07.